The molecule has 224 valence electrons. The van der Waals surface area contributed by atoms with Gasteiger partial charge in [0.05, 0.1) is 12.0 Å². The molecule has 5 heteroatoms. The van der Waals surface area contributed by atoms with Gasteiger partial charge in [-0.3, -0.25) is 14.4 Å². The first-order valence-corrected chi connectivity index (χ1v) is 16.1. The maximum atomic E-state index is 14.5. The lowest BCUT2D eigenvalue weighted by molar-refractivity contribution is -0.210. The second kappa shape index (κ2) is 9.43. The van der Waals surface area contributed by atoms with Crippen LogP contribution in [0.3, 0.4) is 0 Å². The molecule has 9 atom stereocenters. The zero-order valence-electron chi connectivity index (χ0n) is 26.7. The zero-order chi connectivity index (χ0) is 29.5. The van der Waals surface area contributed by atoms with Gasteiger partial charge < -0.3 is 9.47 Å². The molecule has 0 unspecified atom stereocenters. The van der Waals surface area contributed by atoms with Gasteiger partial charge in [0.15, 0.2) is 5.78 Å². The highest BCUT2D eigenvalue weighted by Gasteiger charge is 2.70. The Kier molecular flexibility index (Phi) is 7.03. The van der Waals surface area contributed by atoms with Crippen molar-refractivity contribution in [3.05, 3.63) is 11.6 Å². The third kappa shape index (κ3) is 4.02. The first-order valence-electron chi connectivity index (χ1n) is 16.1. The van der Waals surface area contributed by atoms with Gasteiger partial charge in [0, 0.05) is 18.3 Å². The predicted molar refractivity (Wildman–Crippen MR) is 156 cm³/mol. The second-order valence-corrected chi connectivity index (χ2v) is 16.3. The number of esters is 2. The minimum absolute atomic E-state index is 0.0427. The lowest BCUT2D eigenvalue weighted by Gasteiger charge is -2.70. The summed E-state index contributed by atoms with van der Waals surface area (Å²) >= 11 is 0. The predicted octanol–water partition coefficient (Wildman–Crippen LogP) is 7.85. The molecule has 0 heterocycles. The Morgan fingerprint density at radius 2 is 1.60 bits per heavy atom. The normalized spacial score (nSPS) is 47.5. The molecule has 0 radical (unpaired) electrons. The van der Waals surface area contributed by atoms with Gasteiger partial charge in [0.25, 0.3) is 0 Å². The van der Waals surface area contributed by atoms with Crippen LogP contribution in [-0.4, -0.2) is 30.4 Å². The average Bonchev–Trinajstić information content (AvgIpc) is 2.86. The van der Waals surface area contributed by atoms with Crippen molar-refractivity contribution in [1.82, 2.24) is 0 Å². The van der Waals surface area contributed by atoms with Crippen molar-refractivity contribution in [2.45, 2.75) is 133 Å². The van der Waals surface area contributed by atoms with Gasteiger partial charge in [-0.25, -0.2) is 0 Å². The molecule has 0 N–H and O–H groups in total. The molecule has 40 heavy (non-hydrogen) atoms. The molecule has 5 aliphatic carbocycles. The zero-order valence-corrected chi connectivity index (χ0v) is 26.7. The fraction of sp³-hybridized carbons (Fsp3) is 0.857. The van der Waals surface area contributed by atoms with E-state index in [4.69, 9.17) is 9.47 Å². The average molecular weight is 555 g/mol. The lowest BCUT2D eigenvalue weighted by atomic mass is 9.33. The summed E-state index contributed by atoms with van der Waals surface area (Å²) in [4.78, 5) is 39.7. The highest BCUT2D eigenvalue weighted by atomic mass is 16.5. The lowest BCUT2D eigenvalue weighted by Crippen LogP contribution is -2.66. The molecule has 0 aromatic carbocycles. The molecule has 0 bridgehead atoms. The topological polar surface area (TPSA) is 69.7 Å². The van der Waals surface area contributed by atoms with Crippen molar-refractivity contribution in [2.75, 3.05) is 6.61 Å². The fourth-order valence-electron chi connectivity index (χ4n) is 11.1. The molecule has 5 nitrogen and oxygen atoms in total. The van der Waals surface area contributed by atoms with E-state index < -0.39 is 5.41 Å². The summed E-state index contributed by atoms with van der Waals surface area (Å²) < 4.78 is 11.6. The summed E-state index contributed by atoms with van der Waals surface area (Å²) in [5, 5.41) is 0. The number of hydrogen-bond acceptors (Lipinski definition) is 5. The van der Waals surface area contributed by atoms with Gasteiger partial charge in [-0.1, -0.05) is 54.0 Å². The number of rotatable bonds is 4. The van der Waals surface area contributed by atoms with Crippen molar-refractivity contribution in [2.24, 2.45) is 50.2 Å². The standard InChI is InChI=1S/C35H54O5/c1-10-19-39-29(38)32(6)16-15-31(5)17-18-34(8)23(24(31)21-32)20-25(37)28-33(7)13-12-27(40-22(2)36)30(3,4)26(33)11-14-35(28,34)9/h20,24,26-28H,10-19,21H2,1-9H3/t24-,26-,27-,28+,31+,32+,33+,34+,35-/m0/s1. The molecule has 0 spiro atoms. The number of carbonyl (C=O) groups excluding carboxylic acids is 3. The van der Waals surface area contributed by atoms with Crippen LogP contribution < -0.4 is 0 Å². The van der Waals surface area contributed by atoms with Crippen LogP contribution in [0.5, 0.6) is 0 Å². The summed E-state index contributed by atoms with van der Waals surface area (Å²) in [7, 11) is 0. The molecule has 0 aromatic rings. The third-order valence-corrected chi connectivity index (χ3v) is 13.8. The molecule has 5 rings (SSSR count). The Morgan fingerprint density at radius 3 is 2.25 bits per heavy atom. The minimum atomic E-state index is -0.498. The van der Waals surface area contributed by atoms with Gasteiger partial charge >= 0.3 is 11.9 Å². The van der Waals surface area contributed by atoms with Crippen LogP contribution in [0.2, 0.25) is 0 Å². The Balaban J connectivity index is 1.54. The summed E-state index contributed by atoms with van der Waals surface area (Å²) in [6.45, 7) is 20.3. The van der Waals surface area contributed by atoms with Gasteiger partial charge in [-0.2, -0.15) is 0 Å². The molecule has 4 fully saturated rings. The number of fused-ring (bicyclic) bond motifs is 7. The van der Waals surface area contributed by atoms with E-state index in [1.807, 2.05) is 6.92 Å². The number of ether oxygens (including phenoxy) is 2. The van der Waals surface area contributed by atoms with Crippen LogP contribution in [0, 0.1) is 50.2 Å². The molecular formula is C35H54O5. The number of ketones is 1. The van der Waals surface area contributed by atoms with Gasteiger partial charge in [0.2, 0.25) is 0 Å². The first kappa shape index (κ1) is 29.8. The van der Waals surface area contributed by atoms with E-state index in [0.29, 0.717) is 18.3 Å². The molecule has 0 saturated heterocycles. The van der Waals surface area contributed by atoms with Crippen LogP contribution in [-0.2, 0) is 23.9 Å². The first-order chi connectivity index (χ1) is 18.5. The van der Waals surface area contributed by atoms with E-state index in [0.717, 1.165) is 64.2 Å². The van der Waals surface area contributed by atoms with E-state index in [9.17, 15) is 14.4 Å². The summed E-state index contributed by atoms with van der Waals surface area (Å²) in [5.41, 5.74) is 0.413. The van der Waals surface area contributed by atoms with Gasteiger partial charge in [-0.05, 0) is 111 Å². The van der Waals surface area contributed by atoms with Gasteiger partial charge in [0.1, 0.15) is 6.10 Å². The Hall–Kier alpha value is -1.65. The number of hydrogen-bond donors (Lipinski definition) is 0. The molecule has 0 aromatic heterocycles. The minimum Gasteiger partial charge on any atom is -0.465 e. The van der Waals surface area contributed by atoms with Crippen molar-refractivity contribution in [3.8, 4) is 0 Å². The van der Waals surface area contributed by atoms with Crippen LogP contribution in [0.1, 0.15) is 127 Å². The Bertz CT molecular complexity index is 1120. The number of allylic oxidation sites excluding steroid dienone is 2. The fourth-order valence-corrected chi connectivity index (χ4v) is 11.1. The molecule has 4 saturated carbocycles. The van der Waals surface area contributed by atoms with Crippen molar-refractivity contribution in [1.29, 1.82) is 0 Å². The van der Waals surface area contributed by atoms with Crippen LogP contribution >= 0.6 is 0 Å². The Labute approximate surface area is 242 Å². The second-order valence-electron chi connectivity index (χ2n) is 16.3. The highest BCUT2D eigenvalue weighted by molar-refractivity contribution is 5.95. The SMILES string of the molecule is CCCOC(=O)[C@]1(C)CC[C@]2(C)CC[C@]3(C)C(=CC(=O)[C@@H]4[C@]5(C)CC[C@H](OC(C)=O)C(C)(C)[C@@H]5CC[C@@]43C)[C@@H]2C1. The molecular weight excluding hydrogens is 500 g/mol. The van der Waals surface area contributed by atoms with E-state index >= 15 is 0 Å². The maximum Gasteiger partial charge on any atom is 0.311 e. The van der Waals surface area contributed by atoms with Crippen LogP contribution in [0.4, 0.5) is 0 Å². The number of carbonyl (C=O) groups is 3. The largest absolute Gasteiger partial charge is 0.465 e. The molecule has 0 aliphatic heterocycles. The van der Waals surface area contributed by atoms with E-state index in [1.165, 1.54) is 12.5 Å². The van der Waals surface area contributed by atoms with Crippen molar-refractivity contribution in [3.63, 3.8) is 0 Å². The van der Waals surface area contributed by atoms with Crippen LogP contribution in [0.25, 0.3) is 0 Å². The summed E-state index contributed by atoms with van der Waals surface area (Å²) in [5.74, 6) is 0.532. The monoisotopic (exact) mass is 554 g/mol. The smallest absolute Gasteiger partial charge is 0.311 e. The molecule has 0 amide bonds. The quantitative estimate of drug-likeness (QED) is 0.331. The Morgan fingerprint density at radius 1 is 0.925 bits per heavy atom. The van der Waals surface area contributed by atoms with Crippen molar-refractivity contribution >= 4 is 17.7 Å². The van der Waals surface area contributed by atoms with Crippen molar-refractivity contribution < 1.29 is 23.9 Å². The van der Waals surface area contributed by atoms with E-state index in [2.05, 4.69) is 54.5 Å². The summed E-state index contributed by atoms with van der Waals surface area (Å²) in [6.07, 6.45) is 11.5. The van der Waals surface area contributed by atoms with Crippen LogP contribution in [0.15, 0.2) is 11.6 Å². The highest BCUT2D eigenvalue weighted by Crippen LogP contribution is 2.75. The van der Waals surface area contributed by atoms with E-state index in [1.54, 1.807) is 0 Å². The molecule has 5 aliphatic rings. The maximum absolute atomic E-state index is 14.5. The summed E-state index contributed by atoms with van der Waals surface area (Å²) in [6, 6.07) is 0. The van der Waals surface area contributed by atoms with Gasteiger partial charge in [-0.15, -0.1) is 0 Å². The van der Waals surface area contributed by atoms with E-state index in [-0.39, 0.29) is 57.0 Å². The third-order valence-electron chi connectivity index (χ3n) is 13.8.